The number of amides is 2. The third-order valence-corrected chi connectivity index (χ3v) is 8.37. The maximum Gasteiger partial charge on any atom is 0.327 e. The summed E-state index contributed by atoms with van der Waals surface area (Å²) in [5.74, 6) is 0.804. The van der Waals surface area contributed by atoms with Crippen molar-refractivity contribution in [2.75, 3.05) is 18.1 Å². The van der Waals surface area contributed by atoms with E-state index in [1.807, 2.05) is 0 Å². The molecule has 4 N–H and O–H groups in total. The predicted octanol–water partition coefficient (Wildman–Crippen LogP) is 5.79. The number of thioether (sulfide) groups is 1. The van der Waals surface area contributed by atoms with E-state index in [0.29, 0.717) is 5.75 Å². The van der Waals surface area contributed by atoms with E-state index in [4.69, 9.17) is 0 Å². The van der Waals surface area contributed by atoms with Gasteiger partial charge >= 0.3 is 18.0 Å². The highest BCUT2D eigenvalue weighted by Crippen LogP contribution is 2.22. The van der Waals surface area contributed by atoms with Crippen molar-refractivity contribution in [1.29, 1.82) is 0 Å². The first-order valence-electron chi connectivity index (χ1n) is 14.3. The van der Waals surface area contributed by atoms with Crippen LogP contribution in [0.25, 0.3) is 0 Å². The lowest BCUT2D eigenvalue weighted by Crippen LogP contribution is -2.52. The standard InChI is InChI=1S/C29H52N2O6S/c1-20(2)9-6-10-21(3)11-7-12-22(4)13-8-14-23(5)15-16-38-19-25(27(33)34)30-29(37)31-18-24(32)17-26(31)28(35)36/h15,20-22,24-26,32H,6-14,16-19H2,1-5H3,(H,30,37)(H,33,34)(H,35,36)/b23-15+/t21?,22?,24-,25?,26+/m1/s1. The number of carbonyl (C=O) groups is 3. The summed E-state index contributed by atoms with van der Waals surface area (Å²) in [5, 5.41) is 30.9. The highest BCUT2D eigenvalue weighted by molar-refractivity contribution is 7.99. The fraction of sp³-hybridized carbons (Fsp3) is 0.828. The molecule has 38 heavy (non-hydrogen) atoms. The lowest BCUT2D eigenvalue weighted by Gasteiger charge is -2.24. The topological polar surface area (TPSA) is 127 Å². The third-order valence-electron chi connectivity index (χ3n) is 7.40. The van der Waals surface area contributed by atoms with E-state index in [9.17, 15) is 29.7 Å². The first kappa shape index (κ1) is 34.3. The number of nitrogens with zero attached hydrogens (tertiary/aromatic N) is 1. The minimum Gasteiger partial charge on any atom is -0.480 e. The van der Waals surface area contributed by atoms with Crippen molar-refractivity contribution in [2.45, 2.75) is 117 Å². The van der Waals surface area contributed by atoms with Gasteiger partial charge in [-0.2, -0.15) is 11.8 Å². The maximum atomic E-state index is 12.5. The molecule has 0 aromatic carbocycles. The molecule has 220 valence electrons. The molecule has 0 saturated carbocycles. The summed E-state index contributed by atoms with van der Waals surface area (Å²) in [7, 11) is 0. The molecule has 0 bridgehead atoms. The van der Waals surface area contributed by atoms with Crippen molar-refractivity contribution in [2.24, 2.45) is 17.8 Å². The zero-order chi connectivity index (χ0) is 28.7. The van der Waals surface area contributed by atoms with E-state index in [1.165, 1.54) is 62.3 Å². The van der Waals surface area contributed by atoms with Crippen LogP contribution in [0.2, 0.25) is 0 Å². The quantitative estimate of drug-likeness (QED) is 0.117. The number of rotatable bonds is 19. The molecule has 0 spiro atoms. The van der Waals surface area contributed by atoms with Gasteiger partial charge in [0.2, 0.25) is 0 Å². The number of carboxylic acids is 2. The van der Waals surface area contributed by atoms with Crippen LogP contribution in [0.1, 0.15) is 98.8 Å². The number of carbonyl (C=O) groups excluding carboxylic acids is 1. The number of aliphatic carboxylic acids is 2. The van der Waals surface area contributed by atoms with Gasteiger partial charge in [0.25, 0.3) is 0 Å². The molecule has 1 heterocycles. The molecule has 1 aliphatic heterocycles. The summed E-state index contributed by atoms with van der Waals surface area (Å²) in [4.78, 5) is 36.4. The van der Waals surface area contributed by atoms with Crippen molar-refractivity contribution in [1.82, 2.24) is 10.2 Å². The van der Waals surface area contributed by atoms with Gasteiger partial charge in [-0.3, -0.25) is 0 Å². The van der Waals surface area contributed by atoms with E-state index < -0.39 is 36.2 Å². The third kappa shape index (κ3) is 14.4. The summed E-state index contributed by atoms with van der Waals surface area (Å²) in [6, 6.07) is -3.06. The van der Waals surface area contributed by atoms with Crippen LogP contribution < -0.4 is 5.32 Å². The first-order valence-corrected chi connectivity index (χ1v) is 15.5. The molecular formula is C29H52N2O6S. The van der Waals surface area contributed by atoms with Gasteiger partial charge in [0.1, 0.15) is 12.1 Å². The number of allylic oxidation sites excluding steroid dienone is 1. The van der Waals surface area contributed by atoms with Gasteiger partial charge in [-0.05, 0) is 37.5 Å². The molecular weight excluding hydrogens is 504 g/mol. The van der Waals surface area contributed by atoms with Crippen LogP contribution in [-0.4, -0.2) is 74.4 Å². The van der Waals surface area contributed by atoms with Gasteiger partial charge in [-0.25, -0.2) is 14.4 Å². The van der Waals surface area contributed by atoms with E-state index in [1.54, 1.807) is 0 Å². The molecule has 0 radical (unpaired) electrons. The van der Waals surface area contributed by atoms with Crippen LogP contribution in [0.4, 0.5) is 4.79 Å². The Kier molecular flexibility index (Phi) is 16.7. The fourth-order valence-corrected chi connectivity index (χ4v) is 5.88. The van der Waals surface area contributed by atoms with Crippen LogP contribution in [-0.2, 0) is 9.59 Å². The Morgan fingerprint density at radius 1 is 0.974 bits per heavy atom. The van der Waals surface area contributed by atoms with Gasteiger partial charge in [0.15, 0.2) is 0 Å². The second kappa shape index (κ2) is 18.5. The van der Waals surface area contributed by atoms with Crippen LogP contribution in [0.3, 0.4) is 0 Å². The second-order valence-electron chi connectivity index (χ2n) is 11.7. The molecule has 1 rings (SSSR count). The normalized spacial score (nSPS) is 20.4. The number of aliphatic hydroxyl groups is 1. The Morgan fingerprint density at radius 2 is 1.55 bits per heavy atom. The predicted molar refractivity (Wildman–Crippen MR) is 155 cm³/mol. The Labute approximate surface area is 234 Å². The van der Waals surface area contributed by atoms with E-state index in [0.717, 1.165) is 35.5 Å². The van der Waals surface area contributed by atoms with Crippen molar-refractivity contribution >= 4 is 29.7 Å². The molecule has 1 saturated heterocycles. The number of carboxylic acid groups (broad SMARTS) is 2. The molecule has 1 fully saturated rings. The molecule has 1 aliphatic rings. The second-order valence-corrected chi connectivity index (χ2v) is 12.8. The Bertz CT molecular complexity index is 759. The zero-order valence-electron chi connectivity index (χ0n) is 24.2. The average Bonchev–Trinajstić information content (AvgIpc) is 3.22. The van der Waals surface area contributed by atoms with Crippen LogP contribution >= 0.6 is 11.8 Å². The average molecular weight is 557 g/mol. The number of likely N-dealkylation sites (tertiary alicyclic amines) is 1. The summed E-state index contributed by atoms with van der Waals surface area (Å²) < 4.78 is 0. The SMILES string of the molecule is C/C(=C\CSCC(NC(=O)N1C[C@H](O)C[C@H]1C(=O)O)C(=O)O)CCCC(C)CCCC(C)CCCC(C)C. The molecule has 0 aliphatic carbocycles. The molecule has 0 aromatic heterocycles. The van der Waals surface area contributed by atoms with Crippen LogP contribution in [0, 0.1) is 17.8 Å². The van der Waals surface area contributed by atoms with Crippen molar-refractivity contribution in [3.05, 3.63) is 11.6 Å². The van der Waals surface area contributed by atoms with E-state index in [-0.39, 0.29) is 18.7 Å². The number of hydrogen-bond donors (Lipinski definition) is 4. The largest absolute Gasteiger partial charge is 0.480 e. The number of β-amino-alcohol motifs (C(OH)–C–C–N with tert-alkyl or cyclic N) is 1. The Morgan fingerprint density at radius 3 is 2.11 bits per heavy atom. The summed E-state index contributed by atoms with van der Waals surface area (Å²) in [6.07, 6.45) is 12.5. The van der Waals surface area contributed by atoms with Crippen LogP contribution in [0.5, 0.6) is 0 Å². The van der Waals surface area contributed by atoms with Gasteiger partial charge in [-0.15, -0.1) is 0 Å². The van der Waals surface area contributed by atoms with Crippen molar-refractivity contribution in [3.63, 3.8) is 0 Å². The van der Waals surface area contributed by atoms with E-state index >= 15 is 0 Å². The van der Waals surface area contributed by atoms with Crippen molar-refractivity contribution < 1.29 is 29.7 Å². The molecule has 5 atom stereocenters. The summed E-state index contributed by atoms with van der Waals surface area (Å²) in [5.41, 5.74) is 1.29. The molecule has 2 amide bonds. The monoisotopic (exact) mass is 556 g/mol. The summed E-state index contributed by atoms with van der Waals surface area (Å²) in [6.45, 7) is 11.3. The van der Waals surface area contributed by atoms with Gasteiger partial charge < -0.3 is 25.5 Å². The smallest absolute Gasteiger partial charge is 0.327 e. The number of aliphatic hydroxyl groups excluding tert-OH is 1. The fourth-order valence-electron chi connectivity index (χ4n) is 4.88. The molecule has 9 heteroatoms. The molecule has 8 nitrogen and oxygen atoms in total. The minimum absolute atomic E-state index is 0.0597. The number of nitrogens with one attached hydrogen (secondary N) is 1. The lowest BCUT2D eigenvalue weighted by atomic mass is 9.91. The minimum atomic E-state index is -1.21. The lowest BCUT2D eigenvalue weighted by molar-refractivity contribution is -0.141. The van der Waals surface area contributed by atoms with E-state index in [2.05, 4.69) is 46.0 Å². The Hall–Kier alpha value is -1.74. The molecule has 3 unspecified atom stereocenters. The zero-order valence-corrected chi connectivity index (χ0v) is 25.0. The van der Waals surface area contributed by atoms with Crippen LogP contribution in [0.15, 0.2) is 11.6 Å². The van der Waals surface area contributed by atoms with Gasteiger partial charge in [0, 0.05) is 24.5 Å². The number of hydrogen-bond acceptors (Lipinski definition) is 5. The number of urea groups is 1. The van der Waals surface area contributed by atoms with Gasteiger partial charge in [0.05, 0.1) is 6.10 Å². The first-order chi connectivity index (χ1) is 17.9. The molecule has 0 aromatic rings. The van der Waals surface area contributed by atoms with Crippen molar-refractivity contribution in [3.8, 4) is 0 Å². The highest BCUT2D eigenvalue weighted by Gasteiger charge is 2.40. The Balaban J connectivity index is 2.26. The summed E-state index contributed by atoms with van der Waals surface area (Å²) >= 11 is 1.41. The highest BCUT2D eigenvalue weighted by atomic mass is 32.2. The van der Waals surface area contributed by atoms with Gasteiger partial charge in [-0.1, -0.05) is 84.3 Å². The maximum absolute atomic E-state index is 12.5.